The fourth-order valence-electron chi connectivity index (χ4n) is 3.46. The number of aromatic nitrogens is 2. The summed E-state index contributed by atoms with van der Waals surface area (Å²) in [5.74, 6) is -1.22. The number of rotatable bonds is 2. The predicted octanol–water partition coefficient (Wildman–Crippen LogP) is 0.272. The number of aromatic amines is 2. The van der Waals surface area contributed by atoms with Crippen LogP contribution in [0.4, 0.5) is 0 Å². The van der Waals surface area contributed by atoms with Gasteiger partial charge >= 0.3 is 0 Å². The molecule has 1 aromatic carbocycles. The van der Waals surface area contributed by atoms with Crippen LogP contribution in [0.3, 0.4) is 0 Å². The van der Waals surface area contributed by atoms with E-state index in [4.69, 9.17) is 0 Å². The lowest BCUT2D eigenvalue weighted by Crippen LogP contribution is -2.50. The molecule has 0 fully saturated rings. The zero-order valence-corrected chi connectivity index (χ0v) is 13.5. The number of imide groups is 1. The number of benzene rings is 1. The van der Waals surface area contributed by atoms with Gasteiger partial charge in [0.05, 0.1) is 23.4 Å². The Bertz CT molecular complexity index is 923. The number of H-pyrrole nitrogens is 2. The van der Waals surface area contributed by atoms with Crippen molar-refractivity contribution in [2.45, 2.75) is 25.9 Å². The number of hydrogen-bond donors (Lipinski definition) is 2. The van der Waals surface area contributed by atoms with Gasteiger partial charge in [0.15, 0.2) is 0 Å². The van der Waals surface area contributed by atoms with Crippen LogP contribution in [0.1, 0.15) is 38.9 Å². The second kappa shape index (κ2) is 5.44. The Kier molecular flexibility index (Phi) is 3.34. The van der Waals surface area contributed by atoms with E-state index < -0.39 is 17.9 Å². The van der Waals surface area contributed by atoms with Gasteiger partial charge in [-0.3, -0.25) is 29.2 Å². The van der Waals surface area contributed by atoms with Crippen LogP contribution in [0.2, 0.25) is 0 Å². The molecule has 2 aromatic rings. The SMILES string of the molecule is CC(C(=O)N1CCc2c([nH][nH]c2=O)C1)N1C(=O)c2ccccc2C1=O. The van der Waals surface area contributed by atoms with Gasteiger partial charge in [-0.05, 0) is 25.5 Å². The van der Waals surface area contributed by atoms with Crippen LogP contribution in [-0.2, 0) is 17.8 Å². The third-order valence-corrected chi connectivity index (χ3v) is 4.83. The third kappa shape index (κ3) is 2.21. The van der Waals surface area contributed by atoms with E-state index in [1.165, 1.54) is 0 Å². The minimum Gasteiger partial charge on any atom is -0.335 e. The first kappa shape index (κ1) is 15.4. The molecule has 0 spiro atoms. The monoisotopic (exact) mass is 340 g/mol. The quantitative estimate of drug-likeness (QED) is 0.766. The number of hydrogen-bond acceptors (Lipinski definition) is 4. The molecule has 0 bridgehead atoms. The summed E-state index contributed by atoms with van der Waals surface area (Å²) in [4.78, 5) is 52.0. The molecule has 2 aliphatic heterocycles. The molecule has 0 aliphatic carbocycles. The highest BCUT2D eigenvalue weighted by atomic mass is 16.2. The molecule has 25 heavy (non-hydrogen) atoms. The van der Waals surface area contributed by atoms with E-state index in [1.807, 2.05) is 0 Å². The van der Waals surface area contributed by atoms with E-state index in [1.54, 1.807) is 36.1 Å². The Morgan fingerprint density at radius 2 is 1.72 bits per heavy atom. The predicted molar refractivity (Wildman–Crippen MR) is 86.9 cm³/mol. The van der Waals surface area contributed by atoms with E-state index in [0.717, 1.165) is 4.90 Å². The maximum absolute atomic E-state index is 12.8. The van der Waals surface area contributed by atoms with Gasteiger partial charge in [-0.1, -0.05) is 12.1 Å². The molecule has 8 nitrogen and oxygen atoms in total. The topological polar surface area (TPSA) is 106 Å². The zero-order valence-electron chi connectivity index (χ0n) is 13.5. The first-order chi connectivity index (χ1) is 12.0. The van der Waals surface area contributed by atoms with Crippen molar-refractivity contribution < 1.29 is 14.4 Å². The van der Waals surface area contributed by atoms with Crippen molar-refractivity contribution in [3.63, 3.8) is 0 Å². The number of amides is 3. The molecule has 128 valence electrons. The van der Waals surface area contributed by atoms with Crippen LogP contribution >= 0.6 is 0 Å². The molecule has 3 amide bonds. The summed E-state index contributed by atoms with van der Waals surface area (Å²) in [6.07, 6.45) is 0.439. The molecule has 2 aliphatic rings. The van der Waals surface area contributed by atoms with Crippen LogP contribution in [0.25, 0.3) is 0 Å². The summed E-state index contributed by atoms with van der Waals surface area (Å²) in [5.41, 5.74) is 1.79. The summed E-state index contributed by atoms with van der Waals surface area (Å²) in [6.45, 7) is 2.18. The number of carbonyl (C=O) groups excluding carboxylic acids is 3. The molecular weight excluding hydrogens is 324 g/mol. The molecule has 3 heterocycles. The van der Waals surface area contributed by atoms with Gasteiger partial charge in [0.25, 0.3) is 17.4 Å². The molecule has 1 unspecified atom stereocenters. The second-order valence-electron chi connectivity index (χ2n) is 6.25. The Labute approximate surface area is 142 Å². The van der Waals surface area contributed by atoms with Crippen molar-refractivity contribution in [3.8, 4) is 0 Å². The second-order valence-corrected chi connectivity index (χ2v) is 6.25. The van der Waals surface area contributed by atoms with Crippen molar-refractivity contribution in [1.82, 2.24) is 20.0 Å². The molecule has 4 rings (SSSR count). The summed E-state index contributed by atoms with van der Waals surface area (Å²) >= 11 is 0. The fraction of sp³-hybridized carbons (Fsp3) is 0.294. The number of nitrogens with zero attached hydrogens (tertiary/aromatic N) is 2. The summed E-state index contributed by atoms with van der Waals surface area (Å²) in [7, 11) is 0. The first-order valence-electron chi connectivity index (χ1n) is 8.03. The highest BCUT2D eigenvalue weighted by molar-refractivity contribution is 6.22. The van der Waals surface area contributed by atoms with Crippen molar-refractivity contribution >= 4 is 17.7 Å². The van der Waals surface area contributed by atoms with Gasteiger partial charge in [-0.2, -0.15) is 0 Å². The molecule has 2 N–H and O–H groups in total. The number of carbonyl (C=O) groups is 3. The summed E-state index contributed by atoms with van der Waals surface area (Å²) < 4.78 is 0. The molecule has 1 atom stereocenters. The van der Waals surface area contributed by atoms with E-state index in [-0.39, 0.29) is 18.0 Å². The lowest BCUT2D eigenvalue weighted by molar-refractivity contribution is -0.135. The van der Waals surface area contributed by atoms with Crippen molar-refractivity contribution in [2.75, 3.05) is 6.54 Å². The minimum atomic E-state index is -0.903. The van der Waals surface area contributed by atoms with Crippen LogP contribution in [0.15, 0.2) is 29.1 Å². The lowest BCUT2D eigenvalue weighted by atomic mass is 10.1. The van der Waals surface area contributed by atoms with Gasteiger partial charge in [-0.15, -0.1) is 0 Å². The Hall–Kier alpha value is -3.16. The Morgan fingerprint density at radius 1 is 1.08 bits per heavy atom. The van der Waals surface area contributed by atoms with E-state index >= 15 is 0 Å². The van der Waals surface area contributed by atoms with Crippen LogP contribution in [0, 0.1) is 0 Å². The van der Waals surface area contributed by atoms with Crippen LogP contribution < -0.4 is 5.56 Å². The average molecular weight is 340 g/mol. The summed E-state index contributed by atoms with van der Waals surface area (Å²) in [5, 5.41) is 5.28. The lowest BCUT2D eigenvalue weighted by Gasteiger charge is -2.31. The molecule has 1 aromatic heterocycles. The highest BCUT2D eigenvalue weighted by Crippen LogP contribution is 2.25. The largest absolute Gasteiger partial charge is 0.335 e. The van der Waals surface area contributed by atoms with Crippen molar-refractivity contribution in [2.24, 2.45) is 0 Å². The van der Waals surface area contributed by atoms with Gasteiger partial charge in [0.2, 0.25) is 5.91 Å². The molecule has 8 heteroatoms. The standard InChI is InChI=1S/C17H16N4O4/c1-9(21-16(24)10-4-2-3-5-11(10)17(21)25)15(23)20-7-6-12-13(8-20)18-19-14(12)22/h2-5,9H,6-8H2,1H3,(H2,18,19,22). The molecular formula is C17H16N4O4. The smallest absolute Gasteiger partial charge is 0.267 e. The Morgan fingerprint density at radius 3 is 2.36 bits per heavy atom. The van der Waals surface area contributed by atoms with Gasteiger partial charge in [-0.25, -0.2) is 0 Å². The van der Waals surface area contributed by atoms with Gasteiger partial charge in [0, 0.05) is 12.1 Å². The number of nitrogens with one attached hydrogen (secondary N) is 2. The molecule has 0 saturated carbocycles. The Balaban J connectivity index is 1.57. The molecule has 0 radical (unpaired) electrons. The van der Waals surface area contributed by atoms with Gasteiger partial charge in [0.1, 0.15) is 6.04 Å². The normalized spacial score (nSPS) is 17.5. The molecule has 0 saturated heterocycles. The van der Waals surface area contributed by atoms with E-state index in [0.29, 0.717) is 35.3 Å². The van der Waals surface area contributed by atoms with E-state index in [9.17, 15) is 19.2 Å². The first-order valence-corrected chi connectivity index (χ1v) is 8.03. The van der Waals surface area contributed by atoms with E-state index in [2.05, 4.69) is 10.2 Å². The zero-order chi connectivity index (χ0) is 17.7. The third-order valence-electron chi connectivity index (χ3n) is 4.83. The van der Waals surface area contributed by atoms with Crippen LogP contribution in [-0.4, -0.2) is 50.3 Å². The van der Waals surface area contributed by atoms with Gasteiger partial charge < -0.3 is 10.00 Å². The van der Waals surface area contributed by atoms with Crippen LogP contribution in [0.5, 0.6) is 0 Å². The van der Waals surface area contributed by atoms with Crippen molar-refractivity contribution in [3.05, 3.63) is 57.0 Å². The summed E-state index contributed by atoms with van der Waals surface area (Å²) in [6, 6.07) is 5.65. The fourth-order valence-corrected chi connectivity index (χ4v) is 3.46. The highest BCUT2D eigenvalue weighted by Gasteiger charge is 2.42. The number of fused-ring (bicyclic) bond motifs is 2. The maximum Gasteiger partial charge on any atom is 0.267 e. The minimum absolute atomic E-state index is 0.171. The van der Waals surface area contributed by atoms with Crippen molar-refractivity contribution in [1.29, 1.82) is 0 Å². The average Bonchev–Trinajstić information content (AvgIpc) is 3.12. The maximum atomic E-state index is 12.8.